The number of aliphatic imine (C=N–C) groups is 1. The van der Waals surface area contributed by atoms with Crippen molar-refractivity contribution < 1.29 is 5.11 Å². The molecule has 2 aromatic rings. The van der Waals surface area contributed by atoms with Crippen LogP contribution in [-0.4, -0.2) is 41.7 Å². The lowest BCUT2D eigenvalue weighted by Gasteiger charge is -2.21. The number of nitrogens with one attached hydrogen (secondary N) is 1. The van der Waals surface area contributed by atoms with Gasteiger partial charge in [-0.25, -0.2) is 4.99 Å². The van der Waals surface area contributed by atoms with Crippen LogP contribution in [0.4, 0.5) is 0 Å². The van der Waals surface area contributed by atoms with Crippen molar-refractivity contribution in [3.63, 3.8) is 0 Å². The molecule has 1 aliphatic heterocycles. The van der Waals surface area contributed by atoms with E-state index in [1.165, 1.54) is 11.1 Å². The first-order valence-corrected chi connectivity index (χ1v) is 9.10. The summed E-state index contributed by atoms with van der Waals surface area (Å²) in [4.78, 5) is 6.92. The normalized spacial score (nSPS) is 17.8. The molecule has 0 bridgehead atoms. The van der Waals surface area contributed by atoms with Crippen LogP contribution in [0.2, 0.25) is 5.02 Å². The largest absolute Gasteiger partial charge is 0.391 e. The Morgan fingerprint density at radius 1 is 1.24 bits per heavy atom. The van der Waals surface area contributed by atoms with Gasteiger partial charge in [-0.1, -0.05) is 48.0 Å². The van der Waals surface area contributed by atoms with E-state index in [9.17, 15) is 5.11 Å². The third-order valence-corrected chi connectivity index (χ3v) is 4.62. The van der Waals surface area contributed by atoms with Crippen LogP contribution in [-0.2, 0) is 6.54 Å². The van der Waals surface area contributed by atoms with Crippen molar-refractivity contribution in [2.75, 3.05) is 19.6 Å². The molecule has 0 radical (unpaired) electrons. The average Bonchev–Trinajstić information content (AvgIpc) is 3.06. The minimum atomic E-state index is -0.259. The van der Waals surface area contributed by atoms with Gasteiger partial charge in [-0.05, 0) is 42.2 Å². The van der Waals surface area contributed by atoms with Crippen molar-refractivity contribution in [2.45, 2.75) is 26.0 Å². The predicted octanol–water partition coefficient (Wildman–Crippen LogP) is 3.54. The minimum absolute atomic E-state index is 0.259. The fourth-order valence-electron chi connectivity index (χ4n) is 3.09. The van der Waals surface area contributed by atoms with Crippen LogP contribution in [0, 0.1) is 0 Å². The SMILES string of the molecule is CCNC(=NCc1ccccc1-c1ccc(Cl)cc1)N1CC[C@@H](O)C1. The van der Waals surface area contributed by atoms with E-state index >= 15 is 0 Å². The molecule has 3 rings (SSSR count). The Kier molecular flexibility index (Phi) is 5.95. The van der Waals surface area contributed by atoms with Gasteiger partial charge in [0.15, 0.2) is 5.96 Å². The van der Waals surface area contributed by atoms with Crippen molar-refractivity contribution >= 4 is 17.6 Å². The summed E-state index contributed by atoms with van der Waals surface area (Å²) in [6, 6.07) is 16.2. The maximum Gasteiger partial charge on any atom is 0.194 e. The van der Waals surface area contributed by atoms with Gasteiger partial charge in [0.25, 0.3) is 0 Å². The van der Waals surface area contributed by atoms with E-state index in [2.05, 4.69) is 29.3 Å². The Labute approximate surface area is 154 Å². The first-order chi connectivity index (χ1) is 12.2. The number of nitrogens with zero attached hydrogens (tertiary/aromatic N) is 2. The number of guanidine groups is 1. The van der Waals surface area contributed by atoms with Gasteiger partial charge in [-0.3, -0.25) is 0 Å². The molecule has 4 nitrogen and oxygen atoms in total. The summed E-state index contributed by atoms with van der Waals surface area (Å²) in [7, 11) is 0. The molecule has 2 N–H and O–H groups in total. The van der Waals surface area contributed by atoms with Crippen molar-refractivity contribution in [3.8, 4) is 11.1 Å². The number of β-amino-alcohol motifs (C(OH)–C–C–N with tert-alkyl or cyclic N) is 1. The second-order valence-corrected chi connectivity index (χ2v) is 6.66. The Bertz CT molecular complexity index is 730. The number of likely N-dealkylation sites (tertiary alicyclic amines) is 1. The number of benzene rings is 2. The summed E-state index contributed by atoms with van der Waals surface area (Å²) in [6.45, 7) is 4.94. The highest BCUT2D eigenvalue weighted by Gasteiger charge is 2.22. The lowest BCUT2D eigenvalue weighted by molar-refractivity contribution is 0.188. The van der Waals surface area contributed by atoms with E-state index < -0.39 is 0 Å². The summed E-state index contributed by atoms with van der Waals surface area (Å²) >= 11 is 6.00. The summed E-state index contributed by atoms with van der Waals surface area (Å²) in [5, 5.41) is 13.8. The average molecular weight is 358 g/mol. The monoisotopic (exact) mass is 357 g/mol. The third kappa shape index (κ3) is 4.53. The molecule has 0 aliphatic carbocycles. The summed E-state index contributed by atoms with van der Waals surface area (Å²) in [5.41, 5.74) is 3.47. The number of aliphatic hydroxyl groups is 1. The second kappa shape index (κ2) is 8.37. The molecule has 25 heavy (non-hydrogen) atoms. The highest BCUT2D eigenvalue weighted by Crippen LogP contribution is 2.25. The van der Waals surface area contributed by atoms with E-state index in [0.29, 0.717) is 13.1 Å². The third-order valence-electron chi connectivity index (χ3n) is 4.37. The maximum absolute atomic E-state index is 9.78. The highest BCUT2D eigenvalue weighted by atomic mass is 35.5. The Hall–Kier alpha value is -2.04. The van der Waals surface area contributed by atoms with Gasteiger partial charge < -0.3 is 15.3 Å². The van der Waals surface area contributed by atoms with Gasteiger partial charge in [0.1, 0.15) is 0 Å². The zero-order valence-corrected chi connectivity index (χ0v) is 15.2. The molecule has 0 saturated carbocycles. The Morgan fingerprint density at radius 2 is 2.00 bits per heavy atom. The standard InChI is InChI=1S/C20H24ClN3O/c1-2-22-20(24-12-11-18(25)14-24)23-13-16-5-3-4-6-19(16)15-7-9-17(21)10-8-15/h3-10,18,25H,2,11-14H2,1H3,(H,22,23)/t18-/m1/s1. The molecule has 0 spiro atoms. The van der Waals surface area contributed by atoms with Gasteiger partial charge in [0.2, 0.25) is 0 Å². The van der Waals surface area contributed by atoms with Gasteiger partial charge in [0.05, 0.1) is 12.6 Å². The first kappa shape index (κ1) is 17.8. The molecule has 132 valence electrons. The van der Waals surface area contributed by atoms with Crippen molar-refractivity contribution in [3.05, 3.63) is 59.1 Å². The van der Waals surface area contributed by atoms with Crippen molar-refractivity contribution in [2.24, 2.45) is 4.99 Å². The van der Waals surface area contributed by atoms with Gasteiger partial charge in [0, 0.05) is 24.7 Å². The van der Waals surface area contributed by atoms with E-state index in [-0.39, 0.29) is 6.10 Å². The van der Waals surface area contributed by atoms with Gasteiger partial charge in [-0.2, -0.15) is 0 Å². The van der Waals surface area contributed by atoms with E-state index in [1.807, 2.05) is 36.4 Å². The number of aliphatic hydroxyl groups excluding tert-OH is 1. The van der Waals surface area contributed by atoms with Crippen LogP contribution < -0.4 is 5.32 Å². The molecule has 1 heterocycles. The van der Waals surface area contributed by atoms with Crippen LogP contribution in [0.1, 0.15) is 18.9 Å². The molecule has 1 aliphatic rings. The topological polar surface area (TPSA) is 47.9 Å². The number of hydrogen-bond donors (Lipinski definition) is 2. The lowest BCUT2D eigenvalue weighted by atomic mass is 10.00. The van der Waals surface area contributed by atoms with Crippen molar-refractivity contribution in [1.29, 1.82) is 0 Å². The van der Waals surface area contributed by atoms with Crippen LogP contribution >= 0.6 is 11.6 Å². The molecule has 1 fully saturated rings. The number of rotatable bonds is 4. The summed E-state index contributed by atoms with van der Waals surface area (Å²) in [6.07, 6.45) is 0.538. The van der Waals surface area contributed by atoms with E-state index in [0.717, 1.165) is 36.1 Å². The zero-order valence-electron chi connectivity index (χ0n) is 14.5. The van der Waals surface area contributed by atoms with Gasteiger partial charge in [-0.15, -0.1) is 0 Å². The first-order valence-electron chi connectivity index (χ1n) is 8.72. The van der Waals surface area contributed by atoms with Crippen LogP contribution in [0.15, 0.2) is 53.5 Å². The Morgan fingerprint density at radius 3 is 2.68 bits per heavy atom. The molecule has 1 saturated heterocycles. The van der Waals surface area contributed by atoms with E-state index in [4.69, 9.17) is 16.6 Å². The zero-order chi connectivity index (χ0) is 17.6. The molecule has 1 atom stereocenters. The quantitative estimate of drug-likeness (QED) is 0.650. The van der Waals surface area contributed by atoms with Crippen LogP contribution in [0.25, 0.3) is 11.1 Å². The molecule has 0 aromatic heterocycles. The van der Waals surface area contributed by atoms with Crippen LogP contribution in [0.5, 0.6) is 0 Å². The number of hydrogen-bond acceptors (Lipinski definition) is 2. The van der Waals surface area contributed by atoms with Crippen LogP contribution in [0.3, 0.4) is 0 Å². The summed E-state index contributed by atoms with van der Waals surface area (Å²) in [5.74, 6) is 0.866. The molecular formula is C20H24ClN3O. The smallest absolute Gasteiger partial charge is 0.194 e. The second-order valence-electron chi connectivity index (χ2n) is 6.22. The maximum atomic E-state index is 9.78. The fraction of sp³-hybridized carbons (Fsp3) is 0.350. The minimum Gasteiger partial charge on any atom is -0.391 e. The fourth-order valence-corrected chi connectivity index (χ4v) is 3.22. The number of halogens is 1. The van der Waals surface area contributed by atoms with Gasteiger partial charge >= 0.3 is 0 Å². The molecule has 2 aromatic carbocycles. The highest BCUT2D eigenvalue weighted by molar-refractivity contribution is 6.30. The molecule has 5 heteroatoms. The predicted molar refractivity (Wildman–Crippen MR) is 104 cm³/mol. The lowest BCUT2D eigenvalue weighted by Crippen LogP contribution is -2.40. The summed E-state index contributed by atoms with van der Waals surface area (Å²) < 4.78 is 0. The molecule has 0 amide bonds. The van der Waals surface area contributed by atoms with E-state index in [1.54, 1.807) is 0 Å². The Balaban J connectivity index is 1.83. The molecular weight excluding hydrogens is 334 g/mol. The molecule has 0 unspecified atom stereocenters. The van der Waals surface area contributed by atoms with Crippen molar-refractivity contribution in [1.82, 2.24) is 10.2 Å².